The normalized spacial score (nSPS) is 26.8. The van der Waals surface area contributed by atoms with Crippen molar-refractivity contribution in [3.8, 4) is 0 Å². The number of hydrogen-bond acceptors (Lipinski definition) is 4. The van der Waals surface area contributed by atoms with E-state index in [1.165, 1.54) is 0 Å². The van der Waals surface area contributed by atoms with Crippen LogP contribution in [0.3, 0.4) is 0 Å². The molecular formula is C15H28N4O2. The van der Waals surface area contributed by atoms with Crippen molar-refractivity contribution in [2.45, 2.75) is 31.7 Å². The Kier molecular flexibility index (Phi) is 5.58. The number of hydrogen-bond donors (Lipinski definition) is 1. The predicted octanol–water partition coefficient (Wildman–Crippen LogP) is -0.264. The molecule has 0 radical (unpaired) electrons. The van der Waals surface area contributed by atoms with Gasteiger partial charge in [-0.1, -0.05) is 0 Å². The molecule has 2 aliphatic heterocycles. The zero-order valence-electron chi connectivity index (χ0n) is 13.3. The van der Waals surface area contributed by atoms with Crippen LogP contribution in [0, 0.1) is 5.92 Å². The fourth-order valence-electron chi connectivity index (χ4n) is 3.24. The van der Waals surface area contributed by atoms with Crippen molar-refractivity contribution in [2.24, 2.45) is 11.7 Å². The number of carbonyl (C=O) groups is 2. The fraction of sp³-hybridized carbons (Fsp3) is 0.867. The molecule has 2 unspecified atom stereocenters. The molecular weight excluding hydrogens is 268 g/mol. The number of nitrogens with zero attached hydrogens (tertiary/aromatic N) is 3. The number of rotatable bonds is 5. The van der Waals surface area contributed by atoms with E-state index in [-0.39, 0.29) is 23.8 Å². The molecule has 6 nitrogen and oxygen atoms in total. The minimum Gasteiger partial charge on any atom is -0.341 e. The molecule has 0 spiro atoms. The molecule has 2 rings (SSSR count). The zero-order chi connectivity index (χ0) is 15.4. The molecule has 2 heterocycles. The van der Waals surface area contributed by atoms with Gasteiger partial charge in [0.25, 0.3) is 0 Å². The summed E-state index contributed by atoms with van der Waals surface area (Å²) in [5.41, 5.74) is 5.79. The molecule has 21 heavy (non-hydrogen) atoms. The third kappa shape index (κ3) is 3.95. The molecule has 0 aromatic carbocycles. The Morgan fingerprint density at radius 1 is 1.38 bits per heavy atom. The molecule has 0 aliphatic carbocycles. The third-order valence-electron chi connectivity index (χ3n) is 4.56. The van der Waals surface area contributed by atoms with Crippen molar-refractivity contribution in [3.63, 3.8) is 0 Å². The average Bonchev–Trinajstić information content (AvgIpc) is 2.85. The highest BCUT2D eigenvalue weighted by atomic mass is 16.2. The van der Waals surface area contributed by atoms with Gasteiger partial charge in [0.15, 0.2) is 0 Å². The van der Waals surface area contributed by atoms with Gasteiger partial charge >= 0.3 is 0 Å². The summed E-state index contributed by atoms with van der Waals surface area (Å²) in [5, 5.41) is 0. The average molecular weight is 296 g/mol. The van der Waals surface area contributed by atoms with E-state index in [1.807, 2.05) is 23.9 Å². The highest BCUT2D eigenvalue weighted by Gasteiger charge is 2.38. The second-order valence-electron chi connectivity index (χ2n) is 6.46. The van der Waals surface area contributed by atoms with Gasteiger partial charge in [-0.2, -0.15) is 0 Å². The molecule has 2 fully saturated rings. The topological polar surface area (TPSA) is 69.9 Å². The minimum atomic E-state index is -0.174. The number of piperidine rings is 1. The van der Waals surface area contributed by atoms with Crippen LogP contribution >= 0.6 is 0 Å². The van der Waals surface area contributed by atoms with Gasteiger partial charge in [0.2, 0.25) is 11.8 Å². The maximum absolute atomic E-state index is 12.7. The number of amides is 2. The first kappa shape index (κ1) is 16.2. The summed E-state index contributed by atoms with van der Waals surface area (Å²) in [4.78, 5) is 30.5. The van der Waals surface area contributed by atoms with E-state index >= 15 is 0 Å². The third-order valence-corrected chi connectivity index (χ3v) is 4.56. The van der Waals surface area contributed by atoms with Gasteiger partial charge in [0.1, 0.15) is 0 Å². The maximum atomic E-state index is 12.7. The Bertz CT molecular complexity index is 386. The summed E-state index contributed by atoms with van der Waals surface area (Å²) in [5.74, 6) is 0.0640. The van der Waals surface area contributed by atoms with Crippen LogP contribution in [0.1, 0.15) is 25.7 Å². The van der Waals surface area contributed by atoms with Crippen molar-refractivity contribution in [2.75, 3.05) is 46.8 Å². The van der Waals surface area contributed by atoms with Crippen LogP contribution in [0.25, 0.3) is 0 Å². The first-order chi connectivity index (χ1) is 10.0. The first-order valence-corrected chi connectivity index (χ1v) is 7.96. The summed E-state index contributed by atoms with van der Waals surface area (Å²) < 4.78 is 0. The zero-order valence-corrected chi connectivity index (χ0v) is 13.3. The Labute approximate surface area is 127 Å². The van der Waals surface area contributed by atoms with Crippen molar-refractivity contribution in [1.29, 1.82) is 0 Å². The maximum Gasteiger partial charge on any atom is 0.228 e. The van der Waals surface area contributed by atoms with Gasteiger partial charge in [-0.05, 0) is 33.4 Å². The summed E-state index contributed by atoms with van der Waals surface area (Å²) in [6.07, 6.45) is 3.55. The van der Waals surface area contributed by atoms with Crippen LogP contribution in [0.15, 0.2) is 0 Å². The lowest BCUT2D eigenvalue weighted by molar-refractivity contribution is -0.139. The highest BCUT2D eigenvalue weighted by Crippen LogP contribution is 2.24. The SMILES string of the molecule is CN(C)CCN1CC(C(=O)N2CCCCC2CN)CC1=O. The Hall–Kier alpha value is -1.14. The molecule has 6 heteroatoms. The molecule has 2 aliphatic rings. The van der Waals surface area contributed by atoms with Crippen molar-refractivity contribution < 1.29 is 9.59 Å². The van der Waals surface area contributed by atoms with E-state index < -0.39 is 0 Å². The van der Waals surface area contributed by atoms with Crippen LogP contribution in [0.2, 0.25) is 0 Å². The molecule has 0 aromatic heterocycles. The standard InChI is InChI=1S/C15H28N4O2/c1-17(2)7-8-18-11-12(9-14(18)20)15(21)19-6-4-3-5-13(19)10-16/h12-13H,3-11,16H2,1-2H3. The van der Waals surface area contributed by atoms with E-state index in [4.69, 9.17) is 5.73 Å². The molecule has 2 N–H and O–H groups in total. The summed E-state index contributed by atoms with van der Waals surface area (Å²) >= 11 is 0. The van der Waals surface area contributed by atoms with Gasteiger partial charge in [-0.25, -0.2) is 0 Å². The number of likely N-dealkylation sites (N-methyl/N-ethyl adjacent to an activating group) is 1. The predicted molar refractivity (Wildman–Crippen MR) is 81.6 cm³/mol. The van der Waals surface area contributed by atoms with Gasteiger partial charge in [-0.15, -0.1) is 0 Å². The largest absolute Gasteiger partial charge is 0.341 e. The van der Waals surface area contributed by atoms with Crippen LogP contribution in [-0.4, -0.2) is 79.4 Å². The second-order valence-corrected chi connectivity index (χ2v) is 6.46. The summed E-state index contributed by atoms with van der Waals surface area (Å²) in [7, 11) is 3.98. The van der Waals surface area contributed by atoms with Gasteiger partial charge in [0, 0.05) is 45.2 Å². The quantitative estimate of drug-likeness (QED) is 0.759. The monoisotopic (exact) mass is 296 g/mol. The lowest BCUT2D eigenvalue weighted by Gasteiger charge is -2.36. The Morgan fingerprint density at radius 2 is 2.14 bits per heavy atom. The smallest absolute Gasteiger partial charge is 0.228 e. The van der Waals surface area contributed by atoms with Crippen molar-refractivity contribution in [3.05, 3.63) is 0 Å². The van der Waals surface area contributed by atoms with Crippen LogP contribution in [-0.2, 0) is 9.59 Å². The highest BCUT2D eigenvalue weighted by molar-refractivity contribution is 5.89. The first-order valence-electron chi connectivity index (χ1n) is 7.96. The Balaban J connectivity index is 1.92. The molecule has 2 atom stereocenters. The van der Waals surface area contributed by atoms with Crippen LogP contribution in [0.4, 0.5) is 0 Å². The van der Waals surface area contributed by atoms with E-state index in [2.05, 4.69) is 4.90 Å². The van der Waals surface area contributed by atoms with Crippen molar-refractivity contribution >= 4 is 11.8 Å². The van der Waals surface area contributed by atoms with E-state index in [0.29, 0.717) is 26.1 Å². The Morgan fingerprint density at radius 3 is 2.81 bits per heavy atom. The lowest BCUT2D eigenvalue weighted by Crippen LogP contribution is -2.50. The minimum absolute atomic E-state index is 0.108. The van der Waals surface area contributed by atoms with E-state index in [9.17, 15) is 9.59 Å². The molecule has 120 valence electrons. The molecule has 0 aromatic rings. The van der Waals surface area contributed by atoms with Crippen LogP contribution < -0.4 is 5.73 Å². The van der Waals surface area contributed by atoms with E-state index in [0.717, 1.165) is 32.4 Å². The lowest BCUT2D eigenvalue weighted by atomic mass is 9.98. The number of likely N-dealkylation sites (tertiary alicyclic amines) is 2. The van der Waals surface area contributed by atoms with E-state index in [1.54, 1.807) is 0 Å². The van der Waals surface area contributed by atoms with Crippen molar-refractivity contribution in [1.82, 2.24) is 14.7 Å². The van der Waals surface area contributed by atoms with Gasteiger partial charge < -0.3 is 20.4 Å². The summed E-state index contributed by atoms with van der Waals surface area (Å²) in [6, 6.07) is 0.164. The molecule has 2 saturated heterocycles. The van der Waals surface area contributed by atoms with Crippen LogP contribution in [0.5, 0.6) is 0 Å². The second kappa shape index (κ2) is 7.22. The number of carbonyl (C=O) groups excluding carboxylic acids is 2. The summed E-state index contributed by atoms with van der Waals surface area (Å²) in [6.45, 7) is 3.43. The van der Waals surface area contributed by atoms with Gasteiger partial charge in [-0.3, -0.25) is 9.59 Å². The molecule has 2 amide bonds. The fourth-order valence-corrected chi connectivity index (χ4v) is 3.24. The van der Waals surface area contributed by atoms with Gasteiger partial charge in [0.05, 0.1) is 5.92 Å². The molecule has 0 saturated carbocycles. The number of nitrogens with two attached hydrogens (primary N) is 1. The molecule has 0 bridgehead atoms.